The van der Waals surface area contributed by atoms with Gasteiger partial charge in [-0.15, -0.1) is 0 Å². The van der Waals surface area contributed by atoms with Crippen molar-refractivity contribution in [1.29, 1.82) is 0 Å². The van der Waals surface area contributed by atoms with E-state index in [2.05, 4.69) is 4.98 Å². The van der Waals surface area contributed by atoms with Gasteiger partial charge in [-0.1, -0.05) is 12.1 Å². The van der Waals surface area contributed by atoms with Gasteiger partial charge in [-0.05, 0) is 49.4 Å². The molecule has 3 rings (SSSR count). The predicted molar refractivity (Wildman–Crippen MR) is 74.8 cm³/mol. The van der Waals surface area contributed by atoms with Crippen LogP contribution in [0.2, 0.25) is 0 Å². The van der Waals surface area contributed by atoms with Gasteiger partial charge in [0.2, 0.25) is 0 Å². The third-order valence-electron chi connectivity index (χ3n) is 3.73. The number of fused-ring (bicyclic) bond motifs is 1. The molecule has 1 saturated carbocycles. The maximum Gasteiger partial charge on any atom is 0.105 e. The van der Waals surface area contributed by atoms with Crippen molar-refractivity contribution in [3.05, 3.63) is 42.1 Å². The number of aromatic nitrogens is 1. The van der Waals surface area contributed by atoms with Gasteiger partial charge in [-0.2, -0.15) is 0 Å². The Labute approximate surface area is 113 Å². The van der Waals surface area contributed by atoms with Gasteiger partial charge in [0.15, 0.2) is 0 Å². The maximum atomic E-state index is 10.5. The quantitative estimate of drug-likeness (QED) is 0.895. The number of pyridine rings is 1. The van der Waals surface area contributed by atoms with E-state index >= 15 is 0 Å². The molecule has 3 nitrogen and oxygen atoms in total. The number of aliphatic hydroxyl groups excluding tert-OH is 1. The van der Waals surface area contributed by atoms with E-state index in [-0.39, 0.29) is 6.10 Å². The van der Waals surface area contributed by atoms with Crippen LogP contribution in [0.3, 0.4) is 0 Å². The zero-order valence-electron chi connectivity index (χ0n) is 11.1. The molecule has 1 aromatic carbocycles. The molecule has 0 radical (unpaired) electrons. The van der Waals surface area contributed by atoms with Gasteiger partial charge in [0, 0.05) is 18.2 Å². The van der Waals surface area contributed by atoms with Gasteiger partial charge in [-0.25, -0.2) is 0 Å². The number of rotatable bonds is 5. The first-order chi connectivity index (χ1) is 9.29. The summed E-state index contributed by atoms with van der Waals surface area (Å²) < 4.78 is 5.73. The average Bonchev–Trinajstić information content (AvgIpc) is 3.28. The molecule has 0 bridgehead atoms. The molecular formula is C16H19NO2. The van der Waals surface area contributed by atoms with Crippen molar-refractivity contribution in [3.8, 4) is 0 Å². The van der Waals surface area contributed by atoms with E-state index < -0.39 is 6.10 Å². The van der Waals surface area contributed by atoms with Gasteiger partial charge in [0.25, 0.3) is 0 Å². The standard InChI is InChI=1S/C16H19NO2/c1-2-19-16(11-5-6-11)15(18)13-7-8-14-12(10-13)4-3-9-17-14/h3-4,7-11,15-16,18H,2,5-6H2,1H3. The normalized spacial score (nSPS) is 18.4. The maximum absolute atomic E-state index is 10.5. The van der Waals surface area contributed by atoms with Crippen LogP contribution in [0, 0.1) is 5.92 Å². The first-order valence-corrected chi connectivity index (χ1v) is 6.94. The first-order valence-electron chi connectivity index (χ1n) is 6.94. The van der Waals surface area contributed by atoms with Crippen LogP contribution in [0.25, 0.3) is 10.9 Å². The van der Waals surface area contributed by atoms with Crippen molar-refractivity contribution in [1.82, 2.24) is 4.98 Å². The number of nitrogens with zero attached hydrogens (tertiary/aromatic N) is 1. The summed E-state index contributed by atoms with van der Waals surface area (Å²) in [4.78, 5) is 4.30. The molecule has 3 heteroatoms. The zero-order valence-corrected chi connectivity index (χ0v) is 11.1. The Bertz CT molecular complexity index is 565. The van der Waals surface area contributed by atoms with E-state index in [1.54, 1.807) is 6.20 Å². The Kier molecular flexibility index (Phi) is 3.49. The fourth-order valence-electron chi connectivity index (χ4n) is 2.57. The lowest BCUT2D eigenvalue weighted by Gasteiger charge is -2.23. The molecule has 1 heterocycles. The Hall–Kier alpha value is -1.45. The van der Waals surface area contributed by atoms with Crippen LogP contribution in [0.5, 0.6) is 0 Å². The van der Waals surface area contributed by atoms with Crippen molar-refractivity contribution in [2.45, 2.75) is 32.0 Å². The van der Waals surface area contributed by atoms with Crippen LogP contribution >= 0.6 is 0 Å². The second-order valence-corrected chi connectivity index (χ2v) is 5.16. The molecule has 2 aromatic rings. The van der Waals surface area contributed by atoms with Crippen LogP contribution in [-0.4, -0.2) is 22.8 Å². The minimum atomic E-state index is -0.544. The summed E-state index contributed by atoms with van der Waals surface area (Å²) in [5.41, 5.74) is 1.88. The molecular weight excluding hydrogens is 238 g/mol. The Balaban J connectivity index is 1.89. The predicted octanol–water partition coefficient (Wildman–Crippen LogP) is 3.08. The number of aliphatic hydroxyl groups is 1. The lowest BCUT2D eigenvalue weighted by Crippen LogP contribution is -2.24. The number of benzene rings is 1. The second-order valence-electron chi connectivity index (χ2n) is 5.16. The molecule has 1 aromatic heterocycles. The van der Waals surface area contributed by atoms with E-state index in [1.165, 1.54) is 0 Å². The molecule has 0 amide bonds. The second kappa shape index (κ2) is 5.27. The topological polar surface area (TPSA) is 42.4 Å². The van der Waals surface area contributed by atoms with E-state index in [4.69, 9.17) is 4.74 Å². The molecule has 1 aliphatic carbocycles. The van der Waals surface area contributed by atoms with E-state index in [0.717, 1.165) is 29.3 Å². The highest BCUT2D eigenvalue weighted by atomic mass is 16.5. The average molecular weight is 257 g/mol. The molecule has 0 aliphatic heterocycles. The SMILES string of the molecule is CCOC(C1CC1)C(O)c1ccc2ncccc2c1. The van der Waals surface area contributed by atoms with Crippen LogP contribution < -0.4 is 0 Å². The Morgan fingerprint density at radius 2 is 2.21 bits per heavy atom. The largest absolute Gasteiger partial charge is 0.386 e. The minimum Gasteiger partial charge on any atom is -0.386 e. The lowest BCUT2D eigenvalue weighted by molar-refractivity contribution is -0.0461. The Morgan fingerprint density at radius 1 is 1.37 bits per heavy atom. The summed E-state index contributed by atoms with van der Waals surface area (Å²) in [5.74, 6) is 0.513. The van der Waals surface area contributed by atoms with Crippen molar-refractivity contribution in [2.24, 2.45) is 5.92 Å². The minimum absolute atomic E-state index is 0.0703. The summed E-state index contributed by atoms with van der Waals surface area (Å²) in [7, 11) is 0. The highest BCUT2D eigenvalue weighted by molar-refractivity contribution is 5.79. The molecule has 2 unspecified atom stereocenters. The zero-order chi connectivity index (χ0) is 13.2. The molecule has 1 N–H and O–H groups in total. The number of ether oxygens (including phenoxy) is 1. The molecule has 0 saturated heterocycles. The summed E-state index contributed by atoms with van der Waals surface area (Å²) in [6.07, 6.45) is 3.50. The lowest BCUT2D eigenvalue weighted by atomic mass is 9.99. The monoisotopic (exact) mass is 257 g/mol. The van der Waals surface area contributed by atoms with Crippen molar-refractivity contribution in [3.63, 3.8) is 0 Å². The molecule has 100 valence electrons. The van der Waals surface area contributed by atoms with Gasteiger partial charge in [0.1, 0.15) is 6.10 Å². The third kappa shape index (κ3) is 2.62. The third-order valence-corrected chi connectivity index (χ3v) is 3.73. The molecule has 1 fully saturated rings. The van der Waals surface area contributed by atoms with Gasteiger partial charge < -0.3 is 9.84 Å². The van der Waals surface area contributed by atoms with Gasteiger partial charge in [0.05, 0.1) is 11.6 Å². The molecule has 1 aliphatic rings. The van der Waals surface area contributed by atoms with Crippen LogP contribution in [0.15, 0.2) is 36.5 Å². The molecule has 0 spiro atoms. The van der Waals surface area contributed by atoms with E-state index in [9.17, 15) is 5.11 Å². The summed E-state index contributed by atoms with van der Waals surface area (Å²) in [6, 6.07) is 9.87. The van der Waals surface area contributed by atoms with Crippen molar-refractivity contribution < 1.29 is 9.84 Å². The number of hydrogen-bond donors (Lipinski definition) is 1. The van der Waals surface area contributed by atoms with E-state index in [1.807, 2.05) is 37.3 Å². The van der Waals surface area contributed by atoms with Crippen LogP contribution in [0.1, 0.15) is 31.4 Å². The molecule has 19 heavy (non-hydrogen) atoms. The van der Waals surface area contributed by atoms with Gasteiger partial charge >= 0.3 is 0 Å². The van der Waals surface area contributed by atoms with Crippen LogP contribution in [0.4, 0.5) is 0 Å². The summed E-state index contributed by atoms with van der Waals surface area (Å²) in [6.45, 7) is 2.62. The number of hydrogen-bond acceptors (Lipinski definition) is 3. The van der Waals surface area contributed by atoms with Crippen molar-refractivity contribution in [2.75, 3.05) is 6.61 Å². The fourth-order valence-corrected chi connectivity index (χ4v) is 2.57. The van der Waals surface area contributed by atoms with Crippen molar-refractivity contribution >= 4 is 10.9 Å². The van der Waals surface area contributed by atoms with E-state index in [0.29, 0.717) is 12.5 Å². The van der Waals surface area contributed by atoms with Crippen LogP contribution in [-0.2, 0) is 4.74 Å². The van der Waals surface area contributed by atoms with Gasteiger partial charge in [-0.3, -0.25) is 4.98 Å². The molecule has 2 atom stereocenters. The smallest absolute Gasteiger partial charge is 0.105 e. The highest BCUT2D eigenvalue weighted by Gasteiger charge is 2.37. The fraction of sp³-hybridized carbons (Fsp3) is 0.438. The Morgan fingerprint density at radius 3 is 2.95 bits per heavy atom. The summed E-state index contributed by atoms with van der Waals surface area (Å²) >= 11 is 0. The highest BCUT2D eigenvalue weighted by Crippen LogP contribution is 2.40. The summed E-state index contributed by atoms with van der Waals surface area (Å²) in [5, 5.41) is 11.6. The first kappa shape index (κ1) is 12.6.